The minimum absolute atomic E-state index is 0.0330. The molecule has 23 heavy (non-hydrogen) atoms. The van der Waals surface area contributed by atoms with Gasteiger partial charge in [-0.3, -0.25) is 9.59 Å². The Bertz CT molecular complexity index is 696. The molecule has 2 heterocycles. The van der Waals surface area contributed by atoms with E-state index >= 15 is 0 Å². The van der Waals surface area contributed by atoms with Gasteiger partial charge >= 0.3 is 5.97 Å². The van der Waals surface area contributed by atoms with Crippen LogP contribution in [0, 0.1) is 0 Å². The predicted octanol–water partition coefficient (Wildman–Crippen LogP) is 2.34. The predicted molar refractivity (Wildman–Crippen MR) is 83.9 cm³/mol. The third-order valence-corrected chi connectivity index (χ3v) is 4.17. The van der Waals surface area contributed by atoms with Crippen molar-refractivity contribution in [3.63, 3.8) is 0 Å². The molecule has 1 amide bonds. The highest BCUT2D eigenvalue weighted by atomic mass is 16.4. The van der Waals surface area contributed by atoms with Crippen LogP contribution in [0.1, 0.15) is 41.4 Å². The fourth-order valence-corrected chi connectivity index (χ4v) is 3.11. The van der Waals surface area contributed by atoms with Gasteiger partial charge in [-0.15, -0.1) is 0 Å². The van der Waals surface area contributed by atoms with Crippen LogP contribution in [0.15, 0.2) is 42.6 Å². The molecule has 0 radical (unpaired) electrons. The summed E-state index contributed by atoms with van der Waals surface area (Å²) in [6, 6.07) is 11.6. The second kappa shape index (κ2) is 6.64. The first-order chi connectivity index (χ1) is 11.2. The molecule has 1 unspecified atom stereocenters. The van der Waals surface area contributed by atoms with Crippen molar-refractivity contribution in [3.8, 4) is 0 Å². The molecule has 6 heteroatoms. The number of carbonyl (C=O) groups excluding carboxylic acids is 1. The van der Waals surface area contributed by atoms with Gasteiger partial charge in [-0.2, -0.15) is 5.10 Å². The maximum Gasteiger partial charge on any atom is 0.325 e. The molecule has 0 saturated carbocycles. The van der Waals surface area contributed by atoms with Crippen LogP contribution in [0.3, 0.4) is 0 Å². The fourth-order valence-electron chi connectivity index (χ4n) is 3.11. The van der Waals surface area contributed by atoms with E-state index < -0.39 is 5.97 Å². The highest BCUT2D eigenvalue weighted by molar-refractivity contribution is 5.93. The average molecular weight is 313 g/mol. The van der Waals surface area contributed by atoms with Crippen LogP contribution in [0.2, 0.25) is 0 Å². The highest BCUT2D eigenvalue weighted by Gasteiger charge is 2.30. The number of hydrogen-bond donors (Lipinski definition) is 1. The monoisotopic (exact) mass is 313 g/mol. The van der Waals surface area contributed by atoms with Gasteiger partial charge in [0.1, 0.15) is 12.2 Å². The first-order valence-corrected chi connectivity index (χ1v) is 7.76. The van der Waals surface area contributed by atoms with Gasteiger partial charge in [0.05, 0.1) is 6.04 Å². The van der Waals surface area contributed by atoms with Crippen LogP contribution in [0.4, 0.5) is 0 Å². The van der Waals surface area contributed by atoms with Gasteiger partial charge in [0.25, 0.3) is 5.91 Å². The standard InChI is InChI=1S/C17H19N3O3/c21-16(22)12-20-15(9-10-18-20)17(23)19-11-5-4-8-14(19)13-6-2-1-3-7-13/h1-3,6-7,9-10,14H,4-5,8,11-12H2,(H,21,22). The van der Waals surface area contributed by atoms with E-state index in [2.05, 4.69) is 5.10 Å². The van der Waals surface area contributed by atoms with Gasteiger partial charge < -0.3 is 10.0 Å². The molecule has 1 fully saturated rings. The summed E-state index contributed by atoms with van der Waals surface area (Å²) in [5, 5.41) is 12.9. The van der Waals surface area contributed by atoms with Crippen LogP contribution in [0.5, 0.6) is 0 Å². The van der Waals surface area contributed by atoms with E-state index in [4.69, 9.17) is 5.11 Å². The zero-order valence-corrected chi connectivity index (χ0v) is 12.8. The Morgan fingerprint density at radius 1 is 1.17 bits per heavy atom. The van der Waals surface area contributed by atoms with Gasteiger partial charge in [-0.05, 0) is 30.9 Å². The van der Waals surface area contributed by atoms with E-state index in [0.29, 0.717) is 12.2 Å². The molecule has 0 bridgehead atoms. The van der Waals surface area contributed by atoms with Crippen molar-refractivity contribution in [2.24, 2.45) is 0 Å². The topological polar surface area (TPSA) is 75.4 Å². The third-order valence-electron chi connectivity index (χ3n) is 4.17. The first kappa shape index (κ1) is 15.3. The summed E-state index contributed by atoms with van der Waals surface area (Å²) in [5.41, 5.74) is 1.44. The largest absolute Gasteiger partial charge is 0.480 e. The summed E-state index contributed by atoms with van der Waals surface area (Å²) < 4.78 is 1.25. The minimum atomic E-state index is -1.01. The molecule has 0 spiro atoms. The molecule has 1 atom stereocenters. The molecule has 1 aromatic carbocycles. The van der Waals surface area contributed by atoms with E-state index in [9.17, 15) is 9.59 Å². The van der Waals surface area contributed by atoms with Crippen molar-refractivity contribution >= 4 is 11.9 Å². The van der Waals surface area contributed by atoms with Crippen molar-refractivity contribution in [1.29, 1.82) is 0 Å². The van der Waals surface area contributed by atoms with Crippen LogP contribution >= 0.6 is 0 Å². The summed E-state index contributed by atoms with van der Waals surface area (Å²) in [5.74, 6) is -1.17. The quantitative estimate of drug-likeness (QED) is 0.940. The van der Waals surface area contributed by atoms with Crippen LogP contribution in [-0.2, 0) is 11.3 Å². The molecular formula is C17H19N3O3. The minimum Gasteiger partial charge on any atom is -0.480 e. The summed E-state index contributed by atoms with van der Waals surface area (Å²) in [6.45, 7) is 0.370. The van der Waals surface area contributed by atoms with Gasteiger partial charge in [0.2, 0.25) is 0 Å². The lowest BCUT2D eigenvalue weighted by Crippen LogP contribution is -2.39. The van der Waals surface area contributed by atoms with Crippen LogP contribution < -0.4 is 0 Å². The number of aromatic nitrogens is 2. The summed E-state index contributed by atoms with van der Waals surface area (Å²) in [6.07, 6.45) is 4.43. The molecule has 0 aliphatic carbocycles. The van der Waals surface area contributed by atoms with Crippen molar-refractivity contribution in [2.45, 2.75) is 31.8 Å². The number of benzene rings is 1. The average Bonchev–Trinajstić information content (AvgIpc) is 3.02. The zero-order valence-electron chi connectivity index (χ0n) is 12.8. The Balaban J connectivity index is 1.88. The second-order valence-electron chi connectivity index (χ2n) is 5.69. The van der Waals surface area contributed by atoms with E-state index in [1.54, 1.807) is 6.07 Å². The lowest BCUT2D eigenvalue weighted by Gasteiger charge is -2.36. The van der Waals surface area contributed by atoms with Gasteiger partial charge in [0, 0.05) is 12.7 Å². The number of carboxylic acids is 1. The number of carbonyl (C=O) groups is 2. The number of likely N-dealkylation sites (tertiary alicyclic amines) is 1. The Morgan fingerprint density at radius 3 is 2.70 bits per heavy atom. The number of amides is 1. The molecule has 1 aromatic heterocycles. The summed E-state index contributed by atoms with van der Waals surface area (Å²) >= 11 is 0. The number of aliphatic carboxylic acids is 1. The van der Waals surface area contributed by atoms with Crippen molar-refractivity contribution < 1.29 is 14.7 Å². The number of nitrogens with zero attached hydrogens (tertiary/aromatic N) is 3. The van der Waals surface area contributed by atoms with E-state index in [0.717, 1.165) is 24.8 Å². The highest BCUT2D eigenvalue weighted by Crippen LogP contribution is 2.31. The third kappa shape index (κ3) is 3.26. The zero-order chi connectivity index (χ0) is 16.2. The Hall–Kier alpha value is -2.63. The van der Waals surface area contributed by atoms with Crippen LogP contribution in [0.25, 0.3) is 0 Å². The molecular weight excluding hydrogens is 294 g/mol. The molecule has 1 aliphatic heterocycles. The number of carboxylic acid groups (broad SMARTS) is 1. The number of rotatable bonds is 4. The van der Waals surface area contributed by atoms with Gasteiger partial charge in [-0.1, -0.05) is 30.3 Å². The SMILES string of the molecule is O=C(O)Cn1nccc1C(=O)N1CCCCC1c1ccccc1. The van der Waals surface area contributed by atoms with Crippen molar-refractivity contribution in [2.75, 3.05) is 6.54 Å². The van der Waals surface area contributed by atoms with Gasteiger partial charge in [-0.25, -0.2) is 4.68 Å². The molecule has 120 valence electrons. The second-order valence-corrected chi connectivity index (χ2v) is 5.69. The Labute approximate surface area is 134 Å². The Morgan fingerprint density at radius 2 is 1.96 bits per heavy atom. The number of hydrogen-bond acceptors (Lipinski definition) is 3. The lowest BCUT2D eigenvalue weighted by molar-refractivity contribution is -0.137. The molecule has 6 nitrogen and oxygen atoms in total. The smallest absolute Gasteiger partial charge is 0.325 e. The molecule has 1 aliphatic rings. The number of piperidine rings is 1. The summed E-state index contributed by atoms with van der Waals surface area (Å²) in [7, 11) is 0. The Kier molecular flexibility index (Phi) is 4.41. The normalized spacial score (nSPS) is 17.9. The van der Waals surface area contributed by atoms with Crippen LogP contribution in [-0.4, -0.2) is 38.2 Å². The maximum atomic E-state index is 12.9. The molecule has 1 N–H and O–H groups in total. The first-order valence-electron chi connectivity index (χ1n) is 7.76. The van der Waals surface area contributed by atoms with E-state index in [-0.39, 0.29) is 18.5 Å². The van der Waals surface area contributed by atoms with Gasteiger partial charge in [0.15, 0.2) is 0 Å². The molecule has 2 aromatic rings. The summed E-state index contributed by atoms with van der Waals surface area (Å²) in [4.78, 5) is 25.7. The lowest BCUT2D eigenvalue weighted by atomic mass is 9.95. The molecule has 1 saturated heterocycles. The van der Waals surface area contributed by atoms with E-state index in [1.165, 1.54) is 10.9 Å². The maximum absolute atomic E-state index is 12.9. The van der Waals surface area contributed by atoms with E-state index in [1.807, 2.05) is 35.2 Å². The van der Waals surface area contributed by atoms with Crippen molar-refractivity contribution in [1.82, 2.24) is 14.7 Å². The molecule has 3 rings (SSSR count). The van der Waals surface area contributed by atoms with Crippen molar-refractivity contribution in [3.05, 3.63) is 53.9 Å². The fraction of sp³-hybridized carbons (Fsp3) is 0.353.